The maximum absolute atomic E-state index is 7.65. The van der Waals surface area contributed by atoms with E-state index in [0.29, 0.717) is 0 Å². The van der Waals surface area contributed by atoms with Crippen molar-refractivity contribution in [1.29, 1.82) is 5.00 Å². The summed E-state index contributed by atoms with van der Waals surface area (Å²) in [6.45, 7) is 0. The van der Waals surface area contributed by atoms with Crippen LogP contribution in [0.5, 0.6) is 0 Å². The van der Waals surface area contributed by atoms with Gasteiger partial charge in [-0.1, -0.05) is 0 Å². The van der Waals surface area contributed by atoms with Crippen LogP contribution in [0.1, 0.15) is 0 Å². The van der Waals surface area contributed by atoms with E-state index in [1.54, 1.807) is 0 Å². The Bertz CT molecular complexity index is 52.2. The van der Waals surface area contributed by atoms with Crippen molar-refractivity contribution >= 4 is 28.7 Å². The number of rotatable bonds is 0. The lowest BCUT2D eigenvalue weighted by atomic mass is 14.0. The van der Waals surface area contributed by atoms with Crippen molar-refractivity contribution in [2.24, 2.45) is 0 Å². The molecule has 0 aliphatic rings. The molecule has 24 valence electrons. The summed E-state index contributed by atoms with van der Waals surface area (Å²) < 4.78 is 0. The maximum Gasteiger partial charge on any atom is 0.237 e. The van der Waals surface area contributed by atoms with Gasteiger partial charge in [0.05, 0.1) is 0 Å². The molecule has 4 heavy (non-hydrogen) atoms. The number of nitrogens with zero attached hydrogens (tertiary/aromatic N) is 1. The highest BCUT2D eigenvalue weighted by Gasteiger charge is 1.63. The highest BCUT2D eigenvalue weighted by atomic mass is 35.9. The van der Waals surface area contributed by atoms with Gasteiger partial charge in [-0.2, -0.15) is 0 Å². The van der Waals surface area contributed by atoms with Gasteiger partial charge in [-0.25, -0.2) is 5.00 Å². The minimum absolute atomic E-state index is 1.68. The molecule has 0 heterocycles. The van der Waals surface area contributed by atoms with Gasteiger partial charge < -0.3 is 0 Å². The molecule has 0 saturated carbocycles. The summed E-state index contributed by atoms with van der Waals surface area (Å²) in [6.07, 6.45) is -1.68. The third kappa shape index (κ3) is 18.8. The predicted molar refractivity (Wildman–Crippen MR) is 20.4 cm³/mol. The lowest BCUT2D eigenvalue weighted by molar-refractivity contribution is 1.66. The average molecular weight is 116 g/mol. The van der Waals surface area contributed by atoms with E-state index in [9.17, 15) is 0 Å². The summed E-state index contributed by atoms with van der Waals surface area (Å²) >= 11 is 9.32. The van der Waals surface area contributed by atoms with Crippen LogP contribution in [0, 0.1) is 5.00 Å². The third-order valence-electron chi connectivity index (χ3n) is 0. The van der Waals surface area contributed by atoms with Gasteiger partial charge in [-0.05, 0) is 22.5 Å². The smallest absolute Gasteiger partial charge is 0.209 e. The molecular weight excluding hydrogens is 116 g/mol. The van der Waals surface area contributed by atoms with Crippen molar-refractivity contribution in [2.45, 2.75) is 0 Å². The van der Waals surface area contributed by atoms with Crippen LogP contribution in [-0.2, 0) is 0 Å². The fourth-order valence-corrected chi connectivity index (χ4v) is 0. The summed E-state index contributed by atoms with van der Waals surface area (Å²) in [4.78, 5) is 0. The SMILES string of the molecule is N#P(Cl)Cl. The van der Waals surface area contributed by atoms with E-state index >= 15 is 0 Å². The Labute approximate surface area is 34.4 Å². The zero-order valence-electron chi connectivity index (χ0n) is 1.65. The van der Waals surface area contributed by atoms with Crippen molar-refractivity contribution in [1.82, 2.24) is 0 Å². The molecule has 0 aromatic heterocycles. The monoisotopic (exact) mass is 115 g/mol. The molecule has 0 aliphatic carbocycles. The van der Waals surface area contributed by atoms with Gasteiger partial charge >= 0.3 is 0 Å². The van der Waals surface area contributed by atoms with E-state index in [2.05, 4.69) is 22.5 Å². The maximum atomic E-state index is 7.65. The molecule has 0 radical (unpaired) electrons. The molecular formula is Cl2NP. The van der Waals surface area contributed by atoms with E-state index in [-0.39, 0.29) is 0 Å². The quantitative estimate of drug-likeness (QED) is 0.445. The Morgan fingerprint density at radius 3 is 1.50 bits per heavy atom. The number of hydrogen-bond donors (Lipinski definition) is 0. The van der Waals surface area contributed by atoms with Crippen molar-refractivity contribution in [3.8, 4) is 0 Å². The molecule has 0 aliphatic heterocycles. The molecule has 4 heteroatoms. The van der Waals surface area contributed by atoms with Crippen LogP contribution >= 0.6 is 28.7 Å². The Balaban J connectivity index is 3.02. The topological polar surface area (TPSA) is 23.8 Å². The van der Waals surface area contributed by atoms with Crippen LogP contribution in [0.3, 0.4) is 0 Å². The summed E-state index contributed by atoms with van der Waals surface area (Å²) in [5.41, 5.74) is 0. The van der Waals surface area contributed by atoms with E-state index in [0.717, 1.165) is 0 Å². The fourth-order valence-electron chi connectivity index (χ4n) is 0. The van der Waals surface area contributed by atoms with Crippen molar-refractivity contribution in [3.63, 3.8) is 0 Å². The second kappa shape index (κ2) is 1.87. The molecule has 0 saturated heterocycles. The molecule has 0 amide bonds. The summed E-state index contributed by atoms with van der Waals surface area (Å²) in [5.74, 6) is 0. The number of halogens is 2. The van der Waals surface area contributed by atoms with E-state index in [4.69, 9.17) is 5.00 Å². The Kier molecular flexibility index (Phi) is 2.14. The van der Waals surface area contributed by atoms with Crippen LogP contribution < -0.4 is 0 Å². The molecule has 0 atom stereocenters. The van der Waals surface area contributed by atoms with E-state index in [1.807, 2.05) is 0 Å². The van der Waals surface area contributed by atoms with Crippen molar-refractivity contribution in [3.05, 3.63) is 0 Å². The standard InChI is InChI=1S/Cl2NP/c1-4(2)3. The van der Waals surface area contributed by atoms with E-state index < -0.39 is 6.26 Å². The van der Waals surface area contributed by atoms with Gasteiger partial charge in [0.1, 0.15) is 0 Å². The zero-order chi connectivity index (χ0) is 3.58. The molecule has 0 spiro atoms. The Hall–Kier alpha value is 0.590. The summed E-state index contributed by atoms with van der Waals surface area (Å²) in [7, 11) is 0. The van der Waals surface area contributed by atoms with Crippen LogP contribution in [0.4, 0.5) is 0 Å². The second-order valence-electron chi connectivity index (χ2n) is 0.215. The second-order valence-corrected chi connectivity index (χ2v) is 3.09. The first-order valence-corrected chi connectivity index (χ1v) is 3.64. The highest BCUT2D eigenvalue weighted by molar-refractivity contribution is 7.93. The Morgan fingerprint density at radius 1 is 1.50 bits per heavy atom. The minimum atomic E-state index is -1.68. The third-order valence-corrected chi connectivity index (χ3v) is 0. The van der Waals surface area contributed by atoms with Gasteiger partial charge in [-0.15, -0.1) is 0 Å². The molecule has 0 aromatic rings. The van der Waals surface area contributed by atoms with Crippen LogP contribution in [0.25, 0.3) is 0 Å². The van der Waals surface area contributed by atoms with Gasteiger partial charge in [0.2, 0.25) is 6.26 Å². The molecule has 0 N–H and O–H groups in total. The summed E-state index contributed by atoms with van der Waals surface area (Å²) in [6, 6.07) is 0. The molecule has 1 nitrogen and oxygen atoms in total. The Morgan fingerprint density at radius 2 is 1.50 bits per heavy atom. The van der Waals surface area contributed by atoms with Gasteiger partial charge in [0.25, 0.3) is 0 Å². The zero-order valence-corrected chi connectivity index (χ0v) is 4.06. The van der Waals surface area contributed by atoms with Crippen molar-refractivity contribution in [2.75, 3.05) is 0 Å². The van der Waals surface area contributed by atoms with Crippen LogP contribution in [0.2, 0.25) is 0 Å². The number of hydrogen-bond acceptors (Lipinski definition) is 1. The first kappa shape index (κ1) is 4.59. The van der Waals surface area contributed by atoms with Gasteiger partial charge in [0, 0.05) is 0 Å². The summed E-state index contributed by atoms with van der Waals surface area (Å²) in [5, 5.41) is 7.65. The van der Waals surface area contributed by atoms with Gasteiger partial charge in [-0.3, -0.25) is 0 Å². The lowest BCUT2D eigenvalue weighted by Gasteiger charge is -1.44. The molecule has 0 fully saturated rings. The largest absolute Gasteiger partial charge is 0.237 e. The first-order valence-electron chi connectivity index (χ1n) is 0.538. The predicted octanol–water partition coefficient (Wildman–Crippen LogP) is 2.26. The van der Waals surface area contributed by atoms with Crippen LogP contribution in [0.15, 0.2) is 0 Å². The highest BCUT2D eigenvalue weighted by Crippen LogP contribution is 2.27. The van der Waals surface area contributed by atoms with Crippen LogP contribution in [-0.4, -0.2) is 0 Å². The molecule has 0 rings (SSSR count). The fraction of sp³-hybridized carbons (Fsp3) is 0. The van der Waals surface area contributed by atoms with E-state index in [1.165, 1.54) is 0 Å². The molecule has 0 unspecified atom stereocenters. The normalized spacial score (nSPS) is 6.25. The minimum Gasteiger partial charge on any atom is -0.209 e. The van der Waals surface area contributed by atoms with Crippen molar-refractivity contribution < 1.29 is 0 Å². The molecule has 0 aromatic carbocycles. The van der Waals surface area contributed by atoms with Gasteiger partial charge in [0.15, 0.2) is 0 Å². The molecule has 0 bridgehead atoms. The lowest BCUT2D eigenvalue weighted by Crippen LogP contribution is -0.837. The first-order chi connectivity index (χ1) is 1.73. The average Bonchev–Trinajstić information content (AvgIpc) is 0.811.